The first-order chi connectivity index (χ1) is 13.2. The molecule has 152 valence electrons. The third kappa shape index (κ3) is 6.23. The Morgan fingerprint density at radius 3 is 2.29 bits per heavy atom. The molecule has 2 amide bonds. The lowest BCUT2D eigenvalue weighted by Gasteiger charge is -2.22. The smallest absolute Gasteiger partial charge is 0.251 e. The van der Waals surface area contributed by atoms with Gasteiger partial charge in [0.15, 0.2) is 0 Å². The second kappa shape index (κ2) is 9.55. The number of carbonyl (C=O) groups excluding carboxylic acids is 2. The molecule has 0 saturated heterocycles. The minimum absolute atomic E-state index is 0.0325. The molecule has 0 aliphatic heterocycles. The van der Waals surface area contributed by atoms with E-state index >= 15 is 0 Å². The number of benzene rings is 1. The topological polar surface area (TPSA) is 74.6 Å². The second-order valence-corrected chi connectivity index (χ2v) is 8.13. The highest BCUT2D eigenvalue weighted by molar-refractivity contribution is 5.94. The molecule has 0 bridgehead atoms. The number of nitrogens with one attached hydrogen (secondary N) is 2. The van der Waals surface area contributed by atoms with E-state index in [9.17, 15) is 9.59 Å². The number of hydrogen-bond donors (Lipinski definition) is 2. The van der Waals surface area contributed by atoms with Crippen molar-refractivity contribution in [2.24, 2.45) is 0 Å². The molecule has 0 spiro atoms. The van der Waals surface area contributed by atoms with E-state index in [1.54, 1.807) is 6.26 Å². The quantitative estimate of drug-likeness (QED) is 0.732. The van der Waals surface area contributed by atoms with Gasteiger partial charge in [-0.25, -0.2) is 0 Å². The zero-order chi connectivity index (χ0) is 20.7. The summed E-state index contributed by atoms with van der Waals surface area (Å²) in [4.78, 5) is 26.3. The van der Waals surface area contributed by atoms with E-state index in [-0.39, 0.29) is 29.7 Å². The minimum atomic E-state index is -0.171. The van der Waals surface area contributed by atoms with Crippen molar-refractivity contribution in [3.63, 3.8) is 0 Å². The predicted octanol–water partition coefficient (Wildman–Crippen LogP) is 3.12. The number of furan rings is 1. The number of rotatable bonds is 8. The molecule has 6 nitrogen and oxygen atoms in total. The van der Waals surface area contributed by atoms with Crippen LogP contribution in [0.1, 0.15) is 54.9 Å². The maximum absolute atomic E-state index is 12.2. The average molecular weight is 386 g/mol. The molecule has 28 heavy (non-hydrogen) atoms. The Bertz CT molecular complexity index is 759. The highest BCUT2D eigenvalue weighted by atomic mass is 16.3. The van der Waals surface area contributed by atoms with Gasteiger partial charge in [-0.2, -0.15) is 0 Å². The van der Waals surface area contributed by atoms with Crippen LogP contribution in [0.4, 0.5) is 0 Å². The van der Waals surface area contributed by atoms with Crippen LogP contribution < -0.4 is 10.6 Å². The van der Waals surface area contributed by atoms with Crippen LogP contribution in [0, 0.1) is 0 Å². The summed E-state index contributed by atoms with van der Waals surface area (Å²) in [6.07, 6.45) is 1.85. The van der Waals surface area contributed by atoms with Gasteiger partial charge in [-0.3, -0.25) is 14.5 Å². The molecule has 1 aromatic heterocycles. The molecule has 0 saturated carbocycles. The SMILES string of the molecule is CN(C)C(CNC(=O)CCNC(=O)c1ccc(C(C)(C)C)cc1)c1ccco1. The van der Waals surface area contributed by atoms with Crippen molar-refractivity contribution in [2.75, 3.05) is 27.2 Å². The van der Waals surface area contributed by atoms with Crippen molar-refractivity contribution in [1.29, 1.82) is 0 Å². The molecule has 1 unspecified atom stereocenters. The van der Waals surface area contributed by atoms with E-state index in [1.165, 1.54) is 5.56 Å². The summed E-state index contributed by atoms with van der Waals surface area (Å²) in [5, 5.41) is 5.70. The standard InChI is InChI=1S/C22H31N3O3/c1-22(2,3)17-10-8-16(9-11-17)21(27)23-13-12-20(26)24-15-18(25(4)5)19-7-6-14-28-19/h6-11,14,18H,12-13,15H2,1-5H3,(H,23,27)(H,24,26). The van der Waals surface area contributed by atoms with E-state index in [4.69, 9.17) is 4.42 Å². The van der Waals surface area contributed by atoms with Crippen LogP contribution in [0.15, 0.2) is 47.1 Å². The highest BCUT2D eigenvalue weighted by Crippen LogP contribution is 2.22. The summed E-state index contributed by atoms with van der Waals surface area (Å²) in [6, 6.07) is 11.3. The number of carbonyl (C=O) groups is 2. The summed E-state index contributed by atoms with van der Waals surface area (Å²) in [6.45, 7) is 7.13. The van der Waals surface area contributed by atoms with E-state index in [0.29, 0.717) is 18.7 Å². The molecule has 0 aliphatic carbocycles. The summed E-state index contributed by atoms with van der Waals surface area (Å²) in [5.74, 6) is 0.522. The summed E-state index contributed by atoms with van der Waals surface area (Å²) in [5.41, 5.74) is 1.82. The summed E-state index contributed by atoms with van der Waals surface area (Å²) in [7, 11) is 3.87. The van der Waals surface area contributed by atoms with Crippen LogP contribution >= 0.6 is 0 Å². The number of likely N-dealkylation sites (N-methyl/N-ethyl adjacent to an activating group) is 1. The fraction of sp³-hybridized carbons (Fsp3) is 0.455. The lowest BCUT2D eigenvalue weighted by atomic mass is 9.87. The molecule has 2 rings (SSSR count). The third-order valence-corrected chi connectivity index (χ3v) is 4.64. The Balaban J connectivity index is 1.76. The fourth-order valence-corrected chi connectivity index (χ4v) is 2.83. The van der Waals surface area contributed by atoms with E-state index in [1.807, 2.05) is 55.4 Å². The normalized spacial score (nSPS) is 12.6. The van der Waals surface area contributed by atoms with Crippen LogP contribution in [-0.4, -0.2) is 43.9 Å². The lowest BCUT2D eigenvalue weighted by molar-refractivity contribution is -0.121. The molecule has 1 aromatic carbocycles. The van der Waals surface area contributed by atoms with Gasteiger partial charge < -0.3 is 15.1 Å². The van der Waals surface area contributed by atoms with Crippen molar-refractivity contribution < 1.29 is 14.0 Å². The molecule has 6 heteroatoms. The van der Waals surface area contributed by atoms with E-state index in [2.05, 4.69) is 31.4 Å². The summed E-state index contributed by atoms with van der Waals surface area (Å²) >= 11 is 0. The van der Waals surface area contributed by atoms with Crippen LogP contribution in [-0.2, 0) is 10.2 Å². The van der Waals surface area contributed by atoms with Gasteiger partial charge in [0.1, 0.15) is 5.76 Å². The van der Waals surface area contributed by atoms with Crippen molar-refractivity contribution in [1.82, 2.24) is 15.5 Å². The monoisotopic (exact) mass is 385 g/mol. The minimum Gasteiger partial charge on any atom is -0.468 e. The fourth-order valence-electron chi connectivity index (χ4n) is 2.83. The van der Waals surface area contributed by atoms with Crippen molar-refractivity contribution >= 4 is 11.8 Å². The van der Waals surface area contributed by atoms with Crippen molar-refractivity contribution in [3.05, 3.63) is 59.5 Å². The second-order valence-electron chi connectivity index (χ2n) is 8.13. The maximum Gasteiger partial charge on any atom is 0.251 e. The molecule has 0 fully saturated rings. The maximum atomic E-state index is 12.2. The van der Waals surface area contributed by atoms with Gasteiger partial charge in [-0.05, 0) is 49.3 Å². The molecular weight excluding hydrogens is 354 g/mol. The average Bonchev–Trinajstić information content (AvgIpc) is 3.15. The van der Waals surface area contributed by atoms with Crippen LogP contribution in [0.3, 0.4) is 0 Å². The Labute approximate surface area is 167 Å². The lowest BCUT2D eigenvalue weighted by Crippen LogP contribution is -2.36. The van der Waals surface area contributed by atoms with Gasteiger partial charge in [-0.15, -0.1) is 0 Å². The molecule has 0 radical (unpaired) electrons. The third-order valence-electron chi connectivity index (χ3n) is 4.64. The molecule has 2 aromatic rings. The Morgan fingerprint density at radius 2 is 1.75 bits per heavy atom. The van der Waals surface area contributed by atoms with Gasteiger partial charge in [0.25, 0.3) is 5.91 Å². The molecule has 1 atom stereocenters. The first-order valence-corrected chi connectivity index (χ1v) is 9.53. The van der Waals surface area contributed by atoms with Gasteiger partial charge in [0.05, 0.1) is 12.3 Å². The zero-order valence-corrected chi connectivity index (χ0v) is 17.4. The van der Waals surface area contributed by atoms with Gasteiger partial charge >= 0.3 is 0 Å². The number of nitrogens with zero attached hydrogens (tertiary/aromatic N) is 1. The largest absolute Gasteiger partial charge is 0.468 e. The van der Waals surface area contributed by atoms with Crippen molar-refractivity contribution in [2.45, 2.75) is 38.6 Å². The van der Waals surface area contributed by atoms with Gasteiger partial charge in [0.2, 0.25) is 5.91 Å². The van der Waals surface area contributed by atoms with Crippen LogP contribution in [0.5, 0.6) is 0 Å². The first-order valence-electron chi connectivity index (χ1n) is 9.53. The Kier molecular flexibility index (Phi) is 7.40. The Morgan fingerprint density at radius 1 is 1.07 bits per heavy atom. The zero-order valence-electron chi connectivity index (χ0n) is 17.4. The number of amides is 2. The summed E-state index contributed by atoms with van der Waals surface area (Å²) < 4.78 is 5.43. The van der Waals surface area contributed by atoms with Crippen LogP contribution in [0.25, 0.3) is 0 Å². The van der Waals surface area contributed by atoms with Gasteiger partial charge in [-0.1, -0.05) is 32.9 Å². The molecule has 1 heterocycles. The first kappa shape index (κ1) is 21.7. The van der Waals surface area contributed by atoms with Crippen molar-refractivity contribution in [3.8, 4) is 0 Å². The predicted molar refractivity (Wildman–Crippen MR) is 110 cm³/mol. The van der Waals surface area contributed by atoms with Crippen LogP contribution in [0.2, 0.25) is 0 Å². The number of hydrogen-bond acceptors (Lipinski definition) is 4. The highest BCUT2D eigenvalue weighted by Gasteiger charge is 2.18. The van der Waals surface area contributed by atoms with Gasteiger partial charge in [0, 0.05) is 25.1 Å². The molecule has 0 aliphatic rings. The molecule has 2 N–H and O–H groups in total. The van der Waals surface area contributed by atoms with E-state index in [0.717, 1.165) is 5.76 Å². The van der Waals surface area contributed by atoms with E-state index < -0.39 is 0 Å². The molecular formula is C22H31N3O3. The Hall–Kier alpha value is -2.60.